The minimum atomic E-state index is -0.426. The Bertz CT molecular complexity index is 587. The number of ether oxygens (including phenoxy) is 1. The molecule has 2 aromatic rings. The zero-order valence-electron chi connectivity index (χ0n) is 10.7. The highest BCUT2D eigenvalue weighted by atomic mass is 35.5. The molecule has 0 saturated heterocycles. The molecule has 0 aliphatic rings. The van der Waals surface area contributed by atoms with Crippen molar-refractivity contribution in [2.24, 2.45) is 5.84 Å². The van der Waals surface area contributed by atoms with Gasteiger partial charge in [0.2, 0.25) is 0 Å². The first-order valence-corrected chi connectivity index (χ1v) is 6.36. The maximum atomic E-state index is 11.3. The molecule has 0 spiro atoms. The molecule has 0 atom stereocenters. The van der Waals surface area contributed by atoms with Crippen molar-refractivity contribution in [2.75, 3.05) is 0 Å². The van der Waals surface area contributed by atoms with Crippen LogP contribution < -0.4 is 11.3 Å². The number of nitrogens with two attached hydrogens (primary N) is 1. The molecule has 1 aromatic heterocycles. The molecule has 6 heteroatoms. The predicted molar refractivity (Wildman–Crippen MR) is 75.8 cm³/mol. The van der Waals surface area contributed by atoms with Crippen molar-refractivity contribution in [1.82, 2.24) is 10.4 Å². The molecule has 1 amide bonds. The number of pyridine rings is 1. The fourth-order valence-corrected chi connectivity index (χ4v) is 1.74. The molecule has 3 N–H and O–H groups in total. The molecule has 5 nitrogen and oxygen atoms in total. The van der Waals surface area contributed by atoms with Gasteiger partial charge in [-0.25, -0.2) is 10.8 Å². The Hall–Kier alpha value is -1.95. The maximum Gasteiger partial charge on any atom is 0.283 e. The van der Waals surface area contributed by atoms with Gasteiger partial charge in [0.1, 0.15) is 5.69 Å². The summed E-state index contributed by atoms with van der Waals surface area (Å²) in [5, 5.41) is 0.691. The summed E-state index contributed by atoms with van der Waals surface area (Å²) in [5.41, 5.74) is 3.99. The third-order valence-electron chi connectivity index (χ3n) is 2.60. The van der Waals surface area contributed by atoms with E-state index < -0.39 is 5.91 Å². The van der Waals surface area contributed by atoms with E-state index in [-0.39, 0.29) is 5.69 Å². The number of amides is 1. The first-order chi connectivity index (χ1) is 9.69. The van der Waals surface area contributed by atoms with Crippen molar-refractivity contribution in [3.05, 3.63) is 64.4 Å². The Labute approximate surface area is 121 Å². The van der Waals surface area contributed by atoms with Crippen molar-refractivity contribution in [3.8, 4) is 0 Å². The van der Waals surface area contributed by atoms with Crippen LogP contribution in [0.5, 0.6) is 0 Å². The van der Waals surface area contributed by atoms with Crippen LogP contribution in [-0.4, -0.2) is 10.9 Å². The van der Waals surface area contributed by atoms with E-state index in [0.717, 1.165) is 5.56 Å². The highest BCUT2D eigenvalue weighted by molar-refractivity contribution is 6.30. The van der Waals surface area contributed by atoms with Crippen molar-refractivity contribution in [3.63, 3.8) is 0 Å². The van der Waals surface area contributed by atoms with Crippen LogP contribution in [0.3, 0.4) is 0 Å². The molecule has 1 aromatic carbocycles. The van der Waals surface area contributed by atoms with Crippen molar-refractivity contribution >= 4 is 17.5 Å². The highest BCUT2D eigenvalue weighted by Gasteiger charge is 2.05. The summed E-state index contributed by atoms with van der Waals surface area (Å²) in [6, 6.07) is 12.5. The molecular formula is C14H14ClN3O2. The van der Waals surface area contributed by atoms with E-state index in [1.54, 1.807) is 18.2 Å². The second kappa shape index (κ2) is 7.00. The number of nitrogens with zero attached hydrogens (tertiary/aromatic N) is 1. The third-order valence-corrected chi connectivity index (χ3v) is 2.85. The molecule has 0 unspecified atom stereocenters. The number of halogens is 1. The number of rotatable bonds is 5. The standard InChI is InChI=1S/C14H14ClN3O2/c15-11-6-4-10(5-7-11)8-20-9-12-2-1-3-13(17-12)14(19)18-16/h1-7H,8-9,16H2,(H,18,19). The lowest BCUT2D eigenvalue weighted by Gasteiger charge is -2.06. The average molecular weight is 292 g/mol. The van der Waals surface area contributed by atoms with Crippen LogP contribution in [0.25, 0.3) is 0 Å². The Balaban J connectivity index is 1.91. The summed E-state index contributed by atoms with van der Waals surface area (Å²) >= 11 is 5.80. The molecule has 0 aliphatic carbocycles. The molecule has 104 valence electrons. The van der Waals surface area contributed by atoms with Crippen molar-refractivity contribution < 1.29 is 9.53 Å². The van der Waals surface area contributed by atoms with E-state index in [0.29, 0.717) is 23.9 Å². The maximum absolute atomic E-state index is 11.3. The fraction of sp³-hybridized carbons (Fsp3) is 0.143. The minimum Gasteiger partial charge on any atom is -0.370 e. The zero-order chi connectivity index (χ0) is 14.4. The monoisotopic (exact) mass is 291 g/mol. The van der Waals surface area contributed by atoms with Gasteiger partial charge in [0.25, 0.3) is 5.91 Å². The number of nitrogen functional groups attached to an aromatic ring is 1. The lowest BCUT2D eigenvalue weighted by Crippen LogP contribution is -2.30. The summed E-state index contributed by atoms with van der Waals surface area (Å²) in [6.45, 7) is 0.764. The number of hydrogen-bond acceptors (Lipinski definition) is 4. The SMILES string of the molecule is NNC(=O)c1cccc(COCc2ccc(Cl)cc2)n1. The van der Waals surface area contributed by atoms with Crippen molar-refractivity contribution in [2.45, 2.75) is 13.2 Å². The number of carbonyl (C=O) groups is 1. The van der Waals surface area contributed by atoms with Crippen LogP contribution in [0, 0.1) is 0 Å². The van der Waals surface area contributed by atoms with Crippen LogP contribution in [0.4, 0.5) is 0 Å². The molecule has 0 radical (unpaired) electrons. The van der Waals surface area contributed by atoms with Crippen LogP contribution in [0.15, 0.2) is 42.5 Å². The molecule has 1 heterocycles. The van der Waals surface area contributed by atoms with E-state index in [4.69, 9.17) is 22.2 Å². The molecule has 2 rings (SSSR count). The zero-order valence-corrected chi connectivity index (χ0v) is 11.4. The van der Waals surface area contributed by atoms with Crippen molar-refractivity contribution in [1.29, 1.82) is 0 Å². The molecule has 0 aliphatic heterocycles. The van der Waals surface area contributed by atoms with E-state index in [1.165, 1.54) is 0 Å². The van der Waals surface area contributed by atoms with Gasteiger partial charge in [0.15, 0.2) is 0 Å². The topological polar surface area (TPSA) is 77.2 Å². The van der Waals surface area contributed by atoms with Crippen LogP contribution >= 0.6 is 11.6 Å². The van der Waals surface area contributed by atoms with Gasteiger partial charge in [-0.2, -0.15) is 0 Å². The molecule has 0 saturated carbocycles. The smallest absolute Gasteiger partial charge is 0.283 e. The summed E-state index contributed by atoms with van der Waals surface area (Å²) in [5.74, 6) is 4.63. The van der Waals surface area contributed by atoms with Gasteiger partial charge in [-0.3, -0.25) is 10.2 Å². The van der Waals surface area contributed by atoms with Crippen LogP contribution in [0.2, 0.25) is 5.02 Å². The number of aromatic nitrogens is 1. The lowest BCUT2D eigenvalue weighted by atomic mass is 10.2. The Kier molecular flexibility index (Phi) is 5.06. The lowest BCUT2D eigenvalue weighted by molar-refractivity contribution is 0.0941. The van der Waals surface area contributed by atoms with E-state index in [9.17, 15) is 4.79 Å². The Morgan fingerprint density at radius 2 is 1.95 bits per heavy atom. The van der Waals surface area contributed by atoms with Gasteiger partial charge in [-0.1, -0.05) is 29.8 Å². The van der Waals surface area contributed by atoms with E-state index >= 15 is 0 Å². The first kappa shape index (κ1) is 14.5. The molecular weight excluding hydrogens is 278 g/mol. The largest absolute Gasteiger partial charge is 0.370 e. The summed E-state index contributed by atoms with van der Waals surface area (Å²) < 4.78 is 5.55. The Morgan fingerprint density at radius 3 is 2.65 bits per heavy atom. The number of carbonyl (C=O) groups excluding carboxylic acids is 1. The van der Waals surface area contributed by atoms with Gasteiger partial charge in [-0.15, -0.1) is 0 Å². The van der Waals surface area contributed by atoms with Gasteiger partial charge in [-0.05, 0) is 29.8 Å². The first-order valence-electron chi connectivity index (χ1n) is 5.98. The summed E-state index contributed by atoms with van der Waals surface area (Å²) in [4.78, 5) is 15.5. The number of nitrogens with one attached hydrogen (secondary N) is 1. The van der Waals surface area contributed by atoms with Gasteiger partial charge in [0.05, 0.1) is 18.9 Å². The predicted octanol–water partition coefficient (Wildman–Crippen LogP) is 2.06. The van der Waals surface area contributed by atoms with Gasteiger partial charge >= 0.3 is 0 Å². The molecule has 0 bridgehead atoms. The average Bonchev–Trinajstić information content (AvgIpc) is 2.49. The van der Waals surface area contributed by atoms with E-state index in [1.807, 2.05) is 29.7 Å². The minimum absolute atomic E-state index is 0.264. The van der Waals surface area contributed by atoms with Crippen LogP contribution in [0.1, 0.15) is 21.7 Å². The number of hydrogen-bond donors (Lipinski definition) is 2. The van der Waals surface area contributed by atoms with Gasteiger partial charge < -0.3 is 4.74 Å². The normalized spacial score (nSPS) is 10.3. The van der Waals surface area contributed by atoms with E-state index in [2.05, 4.69) is 4.98 Å². The summed E-state index contributed by atoms with van der Waals surface area (Å²) in [7, 11) is 0. The molecule has 0 fully saturated rings. The van der Waals surface area contributed by atoms with Gasteiger partial charge in [0, 0.05) is 5.02 Å². The second-order valence-corrected chi connectivity index (χ2v) is 4.54. The molecule has 20 heavy (non-hydrogen) atoms. The number of hydrazine groups is 1. The van der Waals surface area contributed by atoms with Crippen LogP contribution in [-0.2, 0) is 18.0 Å². The Morgan fingerprint density at radius 1 is 1.20 bits per heavy atom. The summed E-state index contributed by atoms with van der Waals surface area (Å²) in [6.07, 6.45) is 0. The second-order valence-electron chi connectivity index (χ2n) is 4.11. The number of benzene rings is 1. The fourth-order valence-electron chi connectivity index (χ4n) is 1.61. The highest BCUT2D eigenvalue weighted by Crippen LogP contribution is 2.11. The third kappa shape index (κ3) is 4.03. The quantitative estimate of drug-likeness (QED) is 0.502.